The molecule has 42 heavy (non-hydrogen) atoms. The number of unbranched alkanes of at least 4 members (excludes halogenated alkanes) is 2. The van der Waals surface area contributed by atoms with Gasteiger partial charge >= 0.3 is 5.97 Å². The second kappa shape index (κ2) is 13.1. The lowest BCUT2D eigenvalue weighted by Crippen LogP contribution is -2.61. The zero-order valence-electron chi connectivity index (χ0n) is 27.4. The van der Waals surface area contributed by atoms with Crippen molar-refractivity contribution in [1.29, 1.82) is 0 Å². The number of rotatable bonds is 15. The Labute approximate surface area is 258 Å². The summed E-state index contributed by atoms with van der Waals surface area (Å²) < 4.78 is 4.57. The van der Waals surface area contributed by atoms with Crippen molar-refractivity contribution >= 4 is 29.5 Å². The fraction of sp³-hybridized carbons (Fsp3) is 0.794. The first kappa shape index (κ1) is 34.7. The van der Waals surface area contributed by atoms with E-state index in [9.17, 15) is 19.5 Å². The summed E-state index contributed by atoms with van der Waals surface area (Å²) in [6.45, 7) is 25.0. The first-order valence-corrected chi connectivity index (χ1v) is 16.6. The van der Waals surface area contributed by atoms with E-state index in [0.717, 1.165) is 32.1 Å². The van der Waals surface area contributed by atoms with Gasteiger partial charge in [0.25, 0.3) is 0 Å². The van der Waals surface area contributed by atoms with Crippen LogP contribution in [0.2, 0.25) is 0 Å². The summed E-state index contributed by atoms with van der Waals surface area (Å²) >= 11 is 1.65. The summed E-state index contributed by atoms with van der Waals surface area (Å²) in [6, 6.07) is -1.28. The van der Waals surface area contributed by atoms with E-state index in [4.69, 9.17) is 4.74 Å². The molecule has 1 spiro atoms. The molecular weight excluding hydrogens is 548 g/mol. The van der Waals surface area contributed by atoms with Crippen LogP contribution in [0.25, 0.3) is 0 Å². The maximum atomic E-state index is 15.0. The third-order valence-corrected chi connectivity index (χ3v) is 11.4. The fourth-order valence-corrected chi connectivity index (χ4v) is 10.5. The number of fused-ring (bicyclic) bond motifs is 1. The number of carbonyl (C=O) groups is 3. The van der Waals surface area contributed by atoms with Crippen molar-refractivity contribution in [3.63, 3.8) is 0 Å². The molecule has 0 saturated carbocycles. The predicted octanol–water partition coefficient (Wildman–Crippen LogP) is 6.00. The van der Waals surface area contributed by atoms with Crippen molar-refractivity contribution in [3.8, 4) is 0 Å². The van der Waals surface area contributed by atoms with Crippen molar-refractivity contribution < 1.29 is 24.2 Å². The van der Waals surface area contributed by atoms with E-state index in [1.807, 2.05) is 11.0 Å². The van der Waals surface area contributed by atoms with Gasteiger partial charge in [-0.25, -0.2) is 0 Å². The number of ether oxygens (including phenoxy) is 1. The summed E-state index contributed by atoms with van der Waals surface area (Å²) in [5.41, 5.74) is -0.538. The molecule has 3 fully saturated rings. The Hall–Kier alpha value is -1.80. The van der Waals surface area contributed by atoms with Crippen molar-refractivity contribution in [1.82, 2.24) is 9.80 Å². The van der Waals surface area contributed by atoms with Crippen molar-refractivity contribution in [2.75, 3.05) is 19.8 Å². The molecule has 6 atom stereocenters. The standard InChI is InChI=1S/C34H56N2O5S/c1-11-13-14-15-19-41-30(40)26-25-28(38)36(24(21-37)20-23(3)4)27(34(25)17-16-33(26,10)42-34)29(39)35(18-12-2)32(8,9)22-31(5,6)7/h11-12,23-27,37H,1-2,13-22H2,3-10H3/t24-,25+,26+,27?,33-,34?/m1/s1. The number of thioether (sulfide) groups is 1. The number of allylic oxidation sites excluding steroid dienone is 1. The monoisotopic (exact) mass is 604 g/mol. The molecule has 3 aliphatic heterocycles. The molecule has 0 aromatic rings. The van der Waals surface area contributed by atoms with Gasteiger partial charge in [-0.2, -0.15) is 0 Å². The lowest BCUT2D eigenvalue weighted by atomic mass is 9.66. The van der Waals surface area contributed by atoms with Crippen molar-refractivity contribution in [3.05, 3.63) is 25.3 Å². The van der Waals surface area contributed by atoms with E-state index in [-0.39, 0.29) is 35.7 Å². The zero-order chi connectivity index (χ0) is 31.7. The number of aliphatic hydroxyl groups excluding tert-OH is 1. The number of hydrogen-bond acceptors (Lipinski definition) is 6. The van der Waals surface area contributed by atoms with Crippen LogP contribution in [-0.4, -0.2) is 79.6 Å². The van der Waals surface area contributed by atoms with Crippen LogP contribution >= 0.6 is 11.8 Å². The molecule has 2 bridgehead atoms. The number of amides is 2. The van der Waals surface area contributed by atoms with E-state index in [0.29, 0.717) is 26.0 Å². The number of nitrogens with zero attached hydrogens (tertiary/aromatic N) is 2. The third-order valence-electron chi connectivity index (χ3n) is 9.37. The van der Waals surface area contributed by atoms with Gasteiger partial charge in [-0.3, -0.25) is 14.4 Å². The minimum absolute atomic E-state index is 0.0327. The van der Waals surface area contributed by atoms with Crippen molar-refractivity contribution in [2.24, 2.45) is 23.2 Å². The zero-order valence-corrected chi connectivity index (χ0v) is 28.2. The van der Waals surface area contributed by atoms with Crippen LogP contribution in [0, 0.1) is 23.2 Å². The Balaban J connectivity index is 2.09. The lowest BCUT2D eigenvalue weighted by molar-refractivity contribution is -0.156. The highest BCUT2D eigenvalue weighted by Gasteiger charge is 2.78. The molecule has 1 N–H and O–H groups in total. The molecule has 2 unspecified atom stereocenters. The van der Waals surface area contributed by atoms with Crippen LogP contribution in [-0.2, 0) is 19.1 Å². The minimum atomic E-state index is -0.776. The van der Waals surface area contributed by atoms with Gasteiger partial charge in [0.05, 0.1) is 35.8 Å². The van der Waals surface area contributed by atoms with E-state index >= 15 is 0 Å². The van der Waals surface area contributed by atoms with E-state index in [1.54, 1.807) is 22.7 Å². The van der Waals surface area contributed by atoms with Crippen LogP contribution in [0.15, 0.2) is 25.3 Å². The minimum Gasteiger partial charge on any atom is -0.465 e. The Kier molecular flexibility index (Phi) is 10.8. The molecule has 0 radical (unpaired) electrons. The average molecular weight is 605 g/mol. The molecule has 3 saturated heterocycles. The molecule has 0 aliphatic carbocycles. The van der Waals surface area contributed by atoms with Crippen LogP contribution in [0.5, 0.6) is 0 Å². The highest BCUT2D eigenvalue weighted by Crippen LogP contribution is 2.72. The van der Waals surface area contributed by atoms with Crippen LogP contribution < -0.4 is 0 Å². The molecular formula is C34H56N2O5S. The van der Waals surface area contributed by atoms with Gasteiger partial charge in [0.1, 0.15) is 6.04 Å². The van der Waals surface area contributed by atoms with Gasteiger partial charge in [-0.05, 0) is 77.0 Å². The smallest absolute Gasteiger partial charge is 0.311 e. The lowest BCUT2D eigenvalue weighted by Gasteiger charge is -2.46. The summed E-state index contributed by atoms with van der Waals surface area (Å²) in [5.74, 6) is -1.71. The maximum Gasteiger partial charge on any atom is 0.311 e. The van der Waals surface area contributed by atoms with E-state index in [1.165, 1.54) is 0 Å². The molecule has 238 valence electrons. The number of aliphatic hydroxyl groups is 1. The van der Waals surface area contributed by atoms with Gasteiger partial charge < -0.3 is 19.6 Å². The highest BCUT2D eigenvalue weighted by atomic mass is 32.2. The number of esters is 1. The molecule has 2 amide bonds. The molecule has 0 aromatic heterocycles. The van der Waals surface area contributed by atoms with Crippen LogP contribution in [0.4, 0.5) is 0 Å². The van der Waals surface area contributed by atoms with Gasteiger partial charge in [-0.1, -0.05) is 46.8 Å². The van der Waals surface area contributed by atoms with Crippen LogP contribution in [0.3, 0.4) is 0 Å². The van der Waals surface area contributed by atoms with Gasteiger partial charge in [-0.15, -0.1) is 24.9 Å². The van der Waals surface area contributed by atoms with Gasteiger partial charge in [0, 0.05) is 16.8 Å². The third kappa shape index (κ3) is 6.64. The predicted molar refractivity (Wildman–Crippen MR) is 171 cm³/mol. The van der Waals surface area contributed by atoms with Gasteiger partial charge in [0.15, 0.2) is 0 Å². The summed E-state index contributed by atoms with van der Waals surface area (Å²) in [4.78, 5) is 46.9. The molecule has 0 aromatic carbocycles. The normalized spacial score (nSPS) is 29.5. The number of carbonyl (C=O) groups excluding carboxylic acids is 3. The Bertz CT molecular complexity index is 1040. The summed E-state index contributed by atoms with van der Waals surface area (Å²) in [7, 11) is 0. The molecule has 3 rings (SSSR count). The average Bonchev–Trinajstić information content (AvgIpc) is 3.44. The van der Waals surface area contributed by atoms with Crippen LogP contribution in [0.1, 0.15) is 100 Å². The van der Waals surface area contributed by atoms with E-state index < -0.39 is 39.0 Å². The quantitative estimate of drug-likeness (QED) is 0.140. The largest absolute Gasteiger partial charge is 0.465 e. The summed E-state index contributed by atoms with van der Waals surface area (Å²) in [5, 5.41) is 10.6. The second-order valence-electron chi connectivity index (χ2n) is 15.2. The number of hydrogen-bond donors (Lipinski definition) is 1. The fourth-order valence-electron chi connectivity index (χ4n) is 8.17. The topological polar surface area (TPSA) is 87.1 Å². The Morgan fingerprint density at radius 1 is 1.17 bits per heavy atom. The molecule has 8 heteroatoms. The first-order chi connectivity index (χ1) is 19.5. The SMILES string of the molecule is C=CCCCCOC(=O)[C@@H]1[C@H]2C(=O)N([C@@H](CO)CC(C)C)C(C(=O)N(CC=C)C(C)(C)CC(C)(C)C)C23CC[C@@]1(C)S3. The maximum absolute atomic E-state index is 15.0. The van der Waals surface area contributed by atoms with Gasteiger partial charge in [0.2, 0.25) is 11.8 Å². The Morgan fingerprint density at radius 2 is 1.83 bits per heavy atom. The van der Waals surface area contributed by atoms with E-state index in [2.05, 4.69) is 68.5 Å². The number of likely N-dealkylation sites (tertiary alicyclic amines) is 1. The molecule has 3 aliphatic rings. The highest BCUT2D eigenvalue weighted by molar-refractivity contribution is 8.02. The summed E-state index contributed by atoms with van der Waals surface area (Å²) in [6.07, 6.45) is 8.84. The first-order valence-electron chi connectivity index (χ1n) is 15.8. The Morgan fingerprint density at radius 3 is 2.38 bits per heavy atom. The van der Waals surface area contributed by atoms with Crippen molar-refractivity contribution in [2.45, 2.75) is 127 Å². The molecule has 7 nitrogen and oxygen atoms in total. The second-order valence-corrected chi connectivity index (χ2v) is 17.1. The molecule has 3 heterocycles.